The van der Waals surface area contributed by atoms with Gasteiger partial charge in [0.2, 0.25) is 0 Å². The SMILES string of the molecule is CCOCCC1(CNC(=NC)NCCOCc2ccccc2)CCCC1. The van der Waals surface area contributed by atoms with Gasteiger partial charge in [-0.15, -0.1) is 0 Å². The average molecular weight is 362 g/mol. The Hall–Kier alpha value is -1.59. The first-order chi connectivity index (χ1) is 12.8. The smallest absolute Gasteiger partial charge is 0.191 e. The van der Waals surface area contributed by atoms with Gasteiger partial charge in [-0.1, -0.05) is 43.2 Å². The fourth-order valence-corrected chi connectivity index (χ4v) is 3.57. The second kappa shape index (κ2) is 11.9. The van der Waals surface area contributed by atoms with Gasteiger partial charge in [-0.25, -0.2) is 0 Å². The van der Waals surface area contributed by atoms with E-state index in [0.717, 1.165) is 38.7 Å². The quantitative estimate of drug-likeness (QED) is 0.360. The van der Waals surface area contributed by atoms with Crippen LogP contribution >= 0.6 is 0 Å². The van der Waals surface area contributed by atoms with Crippen LogP contribution in [0.25, 0.3) is 0 Å². The molecule has 2 rings (SSSR count). The minimum Gasteiger partial charge on any atom is -0.382 e. The van der Waals surface area contributed by atoms with Gasteiger partial charge >= 0.3 is 0 Å². The van der Waals surface area contributed by atoms with Crippen LogP contribution < -0.4 is 10.6 Å². The van der Waals surface area contributed by atoms with Crippen molar-refractivity contribution >= 4 is 5.96 Å². The number of hydrogen-bond acceptors (Lipinski definition) is 3. The molecule has 0 aliphatic heterocycles. The average Bonchev–Trinajstić information content (AvgIpc) is 3.14. The summed E-state index contributed by atoms with van der Waals surface area (Å²) in [4.78, 5) is 4.34. The van der Waals surface area contributed by atoms with Crippen LogP contribution in [0, 0.1) is 5.41 Å². The molecule has 5 heteroatoms. The topological polar surface area (TPSA) is 54.9 Å². The van der Waals surface area contributed by atoms with E-state index in [1.807, 2.05) is 25.2 Å². The Morgan fingerprint density at radius 1 is 1.08 bits per heavy atom. The Morgan fingerprint density at radius 3 is 2.54 bits per heavy atom. The molecular weight excluding hydrogens is 326 g/mol. The summed E-state index contributed by atoms with van der Waals surface area (Å²) >= 11 is 0. The predicted octanol–water partition coefficient (Wildman–Crippen LogP) is 3.36. The lowest BCUT2D eigenvalue weighted by atomic mass is 9.83. The summed E-state index contributed by atoms with van der Waals surface area (Å²) in [7, 11) is 1.82. The molecule has 0 unspecified atom stereocenters. The minimum absolute atomic E-state index is 0.358. The van der Waals surface area contributed by atoms with Crippen LogP contribution in [-0.2, 0) is 16.1 Å². The fourth-order valence-electron chi connectivity index (χ4n) is 3.57. The number of hydrogen-bond donors (Lipinski definition) is 2. The van der Waals surface area contributed by atoms with E-state index in [0.29, 0.717) is 18.6 Å². The number of nitrogens with one attached hydrogen (secondary N) is 2. The third-order valence-corrected chi connectivity index (χ3v) is 5.15. The fraction of sp³-hybridized carbons (Fsp3) is 0.667. The zero-order valence-electron chi connectivity index (χ0n) is 16.4. The van der Waals surface area contributed by atoms with Gasteiger partial charge in [-0.05, 0) is 37.2 Å². The molecule has 26 heavy (non-hydrogen) atoms. The lowest BCUT2D eigenvalue weighted by molar-refractivity contribution is 0.105. The van der Waals surface area contributed by atoms with Crippen molar-refractivity contribution < 1.29 is 9.47 Å². The van der Waals surface area contributed by atoms with Crippen LogP contribution in [0.1, 0.15) is 44.6 Å². The number of aliphatic imine (C=N–C) groups is 1. The van der Waals surface area contributed by atoms with Gasteiger partial charge in [0.05, 0.1) is 13.2 Å². The molecule has 1 aliphatic carbocycles. The highest BCUT2D eigenvalue weighted by Crippen LogP contribution is 2.40. The van der Waals surface area contributed by atoms with Gasteiger partial charge in [-0.2, -0.15) is 0 Å². The Kier molecular flexibility index (Phi) is 9.50. The minimum atomic E-state index is 0.358. The standard InChI is InChI=1S/C21H35N3O2/c1-3-25-15-13-21(11-7-8-12-21)18-24-20(22-2)23-14-16-26-17-19-9-5-4-6-10-19/h4-6,9-10H,3,7-8,11-18H2,1-2H3,(H2,22,23,24). The van der Waals surface area contributed by atoms with Crippen molar-refractivity contribution in [2.75, 3.05) is 40.0 Å². The van der Waals surface area contributed by atoms with Crippen LogP contribution in [0.2, 0.25) is 0 Å². The lowest BCUT2D eigenvalue weighted by Crippen LogP contribution is -2.44. The molecule has 1 aromatic carbocycles. The van der Waals surface area contributed by atoms with Crippen molar-refractivity contribution in [3.63, 3.8) is 0 Å². The largest absolute Gasteiger partial charge is 0.382 e. The van der Waals surface area contributed by atoms with Crippen molar-refractivity contribution in [1.82, 2.24) is 10.6 Å². The molecule has 0 radical (unpaired) electrons. The maximum Gasteiger partial charge on any atom is 0.191 e. The molecule has 2 N–H and O–H groups in total. The Labute approximate surface area is 158 Å². The summed E-state index contributed by atoms with van der Waals surface area (Å²) in [5.74, 6) is 0.857. The summed E-state index contributed by atoms with van der Waals surface area (Å²) in [6.45, 7) is 6.74. The molecule has 5 nitrogen and oxygen atoms in total. The lowest BCUT2D eigenvalue weighted by Gasteiger charge is -2.30. The zero-order valence-corrected chi connectivity index (χ0v) is 16.4. The number of guanidine groups is 1. The molecule has 0 spiro atoms. The molecule has 146 valence electrons. The van der Waals surface area contributed by atoms with Crippen molar-refractivity contribution in [1.29, 1.82) is 0 Å². The first-order valence-corrected chi connectivity index (χ1v) is 9.92. The molecule has 0 amide bonds. The molecule has 1 aromatic rings. The van der Waals surface area contributed by atoms with Gasteiger partial charge in [0.15, 0.2) is 5.96 Å². The van der Waals surface area contributed by atoms with Gasteiger partial charge in [0, 0.05) is 33.4 Å². The second-order valence-electron chi connectivity index (χ2n) is 7.04. The van der Waals surface area contributed by atoms with Crippen molar-refractivity contribution in [3.8, 4) is 0 Å². The summed E-state index contributed by atoms with van der Waals surface area (Å²) in [6, 6.07) is 10.3. The van der Waals surface area contributed by atoms with Crippen LogP contribution in [0.4, 0.5) is 0 Å². The van der Waals surface area contributed by atoms with E-state index in [4.69, 9.17) is 9.47 Å². The molecule has 1 saturated carbocycles. The van der Waals surface area contributed by atoms with Crippen LogP contribution in [0.3, 0.4) is 0 Å². The number of nitrogens with zero attached hydrogens (tertiary/aromatic N) is 1. The van der Waals surface area contributed by atoms with Crippen LogP contribution in [0.15, 0.2) is 35.3 Å². The van der Waals surface area contributed by atoms with Crippen LogP contribution in [-0.4, -0.2) is 45.9 Å². The number of benzene rings is 1. The summed E-state index contributed by atoms with van der Waals surface area (Å²) in [5, 5.41) is 6.86. The van der Waals surface area contributed by atoms with Gasteiger partial charge < -0.3 is 20.1 Å². The maximum absolute atomic E-state index is 5.72. The van der Waals surface area contributed by atoms with E-state index in [2.05, 4.69) is 34.7 Å². The summed E-state index contributed by atoms with van der Waals surface area (Å²) in [5.41, 5.74) is 1.56. The third-order valence-electron chi connectivity index (χ3n) is 5.15. The predicted molar refractivity (Wildman–Crippen MR) is 107 cm³/mol. The van der Waals surface area contributed by atoms with Crippen LogP contribution in [0.5, 0.6) is 0 Å². The number of ether oxygens (including phenoxy) is 2. The highest BCUT2D eigenvalue weighted by molar-refractivity contribution is 5.79. The summed E-state index contributed by atoms with van der Waals surface area (Å²) in [6.07, 6.45) is 6.35. The zero-order chi connectivity index (χ0) is 18.5. The Bertz CT molecular complexity index is 513. The van der Waals surface area contributed by atoms with Crippen molar-refractivity contribution in [3.05, 3.63) is 35.9 Å². The second-order valence-corrected chi connectivity index (χ2v) is 7.04. The normalized spacial score (nSPS) is 16.6. The highest BCUT2D eigenvalue weighted by Gasteiger charge is 2.33. The van der Waals surface area contributed by atoms with Gasteiger partial charge in [0.25, 0.3) is 0 Å². The Balaban J connectivity index is 1.64. The third kappa shape index (κ3) is 7.34. The first kappa shape index (κ1) is 20.7. The molecule has 0 bridgehead atoms. The molecule has 1 fully saturated rings. The van der Waals surface area contributed by atoms with Crippen molar-refractivity contribution in [2.45, 2.75) is 45.6 Å². The van der Waals surface area contributed by atoms with E-state index in [1.54, 1.807) is 0 Å². The van der Waals surface area contributed by atoms with Crippen molar-refractivity contribution in [2.24, 2.45) is 10.4 Å². The number of rotatable bonds is 11. The molecule has 0 atom stereocenters. The van der Waals surface area contributed by atoms with E-state index in [-0.39, 0.29) is 0 Å². The monoisotopic (exact) mass is 361 g/mol. The molecule has 0 heterocycles. The summed E-state index contributed by atoms with van der Waals surface area (Å²) < 4.78 is 11.3. The van der Waals surface area contributed by atoms with E-state index in [1.165, 1.54) is 31.2 Å². The van der Waals surface area contributed by atoms with Gasteiger partial charge in [0.1, 0.15) is 0 Å². The molecule has 0 aromatic heterocycles. The van der Waals surface area contributed by atoms with E-state index in [9.17, 15) is 0 Å². The molecule has 0 saturated heterocycles. The van der Waals surface area contributed by atoms with E-state index >= 15 is 0 Å². The molecule has 1 aliphatic rings. The highest BCUT2D eigenvalue weighted by atomic mass is 16.5. The first-order valence-electron chi connectivity index (χ1n) is 9.92. The Morgan fingerprint density at radius 2 is 1.85 bits per heavy atom. The van der Waals surface area contributed by atoms with E-state index < -0.39 is 0 Å². The molecular formula is C21H35N3O2. The maximum atomic E-state index is 5.72. The van der Waals surface area contributed by atoms with Gasteiger partial charge in [-0.3, -0.25) is 4.99 Å².